The number of para-hydroxylation sites is 1. The first-order chi connectivity index (χ1) is 11.0. The number of sulfonamides is 1. The number of nitrogens with zero attached hydrogens (tertiary/aromatic N) is 1. The second kappa shape index (κ2) is 6.34. The summed E-state index contributed by atoms with van der Waals surface area (Å²) in [5, 5.41) is 0. The molecular weight excluding hydrogens is 310 g/mol. The highest BCUT2D eigenvalue weighted by Gasteiger charge is 2.32. The van der Waals surface area contributed by atoms with Gasteiger partial charge in [0.05, 0.1) is 11.8 Å². The average Bonchev–Trinajstić information content (AvgIpc) is 2.70. The summed E-state index contributed by atoms with van der Waals surface area (Å²) < 4.78 is 33.2. The Morgan fingerprint density at radius 1 is 1.13 bits per heavy atom. The van der Waals surface area contributed by atoms with Crippen LogP contribution < -0.4 is 4.74 Å². The summed E-state index contributed by atoms with van der Waals surface area (Å²) in [5.74, 6) is 0.792. The molecule has 0 saturated heterocycles. The predicted molar refractivity (Wildman–Crippen MR) is 90.9 cm³/mol. The van der Waals surface area contributed by atoms with Crippen LogP contribution in [0.25, 0.3) is 0 Å². The molecule has 0 fully saturated rings. The molecule has 2 aromatic rings. The van der Waals surface area contributed by atoms with Gasteiger partial charge in [-0.25, -0.2) is 8.42 Å². The van der Waals surface area contributed by atoms with Gasteiger partial charge in [0.1, 0.15) is 12.4 Å². The van der Waals surface area contributed by atoms with Gasteiger partial charge >= 0.3 is 0 Å². The van der Waals surface area contributed by atoms with Crippen molar-refractivity contribution in [2.75, 3.05) is 13.2 Å². The number of fused-ring (bicyclic) bond motifs is 1. The molecule has 1 aliphatic rings. The molecule has 1 unspecified atom stereocenters. The van der Waals surface area contributed by atoms with Gasteiger partial charge in [-0.3, -0.25) is 0 Å². The summed E-state index contributed by atoms with van der Waals surface area (Å²) in [5.41, 5.74) is 2.76. The summed E-state index contributed by atoms with van der Waals surface area (Å²) in [7, 11) is -3.42. The van der Waals surface area contributed by atoms with E-state index in [1.54, 1.807) is 4.31 Å². The Morgan fingerprint density at radius 3 is 2.61 bits per heavy atom. The van der Waals surface area contributed by atoms with Gasteiger partial charge in [-0.05, 0) is 31.0 Å². The molecule has 4 nitrogen and oxygen atoms in total. The normalized spacial score (nSPS) is 18.8. The molecule has 1 aliphatic heterocycles. The van der Waals surface area contributed by atoms with Crippen molar-refractivity contribution in [3.05, 3.63) is 65.2 Å². The van der Waals surface area contributed by atoms with E-state index in [2.05, 4.69) is 0 Å². The molecule has 0 N–H and O–H groups in total. The van der Waals surface area contributed by atoms with Crippen molar-refractivity contribution < 1.29 is 13.2 Å². The van der Waals surface area contributed by atoms with Crippen molar-refractivity contribution >= 4 is 10.0 Å². The first-order valence-corrected chi connectivity index (χ1v) is 9.36. The fraction of sp³-hybridized carbons (Fsp3) is 0.333. The zero-order valence-corrected chi connectivity index (χ0v) is 14.2. The summed E-state index contributed by atoms with van der Waals surface area (Å²) in [4.78, 5) is 0. The Hall–Kier alpha value is -1.85. The lowest BCUT2D eigenvalue weighted by Crippen LogP contribution is -2.36. The van der Waals surface area contributed by atoms with Crippen LogP contribution in [0.15, 0.2) is 48.5 Å². The highest BCUT2D eigenvalue weighted by Crippen LogP contribution is 2.33. The van der Waals surface area contributed by atoms with Gasteiger partial charge < -0.3 is 4.74 Å². The number of aryl methyl sites for hydroxylation is 1. The van der Waals surface area contributed by atoms with Gasteiger partial charge in [0.25, 0.3) is 0 Å². The van der Waals surface area contributed by atoms with Gasteiger partial charge in [-0.15, -0.1) is 0 Å². The standard InChI is InChI=1S/C18H21NO3S/c1-14-7-3-4-8-16(14)13-23(20,21)19-11-12-22-18-10-6-5-9-17(18)15(19)2/h3-10,15H,11-13H2,1-2H3. The number of ether oxygens (including phenoxy) is 1. The summed E-state index contributed by atoms with van der Waals surface area (Å²) >= 11 is 0. The Bertz CT molecular complexity index is 801. The first kappa shape index (κ1) is 16.0. The second-order valence-corrected chi connectivity index (χ2v) is 7.78. The molecular formula is C18H21NO3S. The third kappa shape index (κ3) is 3.26. The lowest BCUT2D eigenvalue weighted by Gasteiger charge is -2.26. The van der Waals surface area contributed by atoms with Crippen molar-refractivity contribution in [2.45, 2.75) is 25.6 Å². The molecule has 0 radical (unpaired) electrons. The predicted octanol–water partition coefficient (Wildman–Crippen LogP) is 3.28. The number of rotatable bonds is 3. The van der Waals surface area contributed by atoms with E-state index in [4.69, 9.17) is 4.74 Å². The molecule has 2 aromatic carbocycles. The second-order valence-electron chi connectivity index (χ2n) is 5.86. The maximum Gasteiger partial charge on any atom is 0.218 e. The van der Waals surface area contributed by atoms with Crippen molar-refractivity contribution in [1.82, 2.24) is 4.31 Å². The van der Waals surface area contributed by atoms with E-state index in [1.807, 2.05) is 62.4 Å². The van der Waals surface area contributed by atoms with Crippen molar-refractivity contribution in [2.24, 2.45) is 0 Å². The fourth-order valence-corrected chi connectivity index (χ4v) is 4.81. The van der Waals surface area contributed by atoms with Gasteiger partial charge in [-0.2, -0.15) is 4.31 Å². The van der Waals surface area contributed by atoms with Crippen LogP contribution in [0.1, 0.15) is 29.7 Å². The van der Waals surface area contributed by atoms with E-state index in [-0.39, 0.29) is 11.8 Å². The number of benzene rings is 2. The highest BCUT2D eigenvalue weighted by atomic mass is 32.2. The molecule has 0 saturated carbocycles. The molecule has 5 heteroatoms. The number of hydrogen-bond acceptors (Lipinski definition) is 3. The molecule has 3 rings (SSSR count). The van der Waals surface area contributed by atoms with Crippen LogP contribution in [0.2, 0.25) is 0 Å². The van der Waals surface area contributed by atoms with Crippen molar-refractivity contribution in [3.8, 4) is 5.75 Å². The molecule has 1 atom stereocenters. The quantitative estimate of drug-likeness (QED) is 0.867. The first-order valence-electron chi connectivity index (χ1n) is 7.75. The van der Waals surface area contributed by atoms with E-state index < -0.39 is 10.0 Å². The molecule has 0 amide bonds. The minimum atomic E-state index is -3.42. The van der Waals surface area contributed by atoms with Gasteiger partial charge in [-0.1, -0.05) is 42.5 Å². The van der Waals surface area contributed by atoms with E-state index in [1.165, 1.54) is 0 Å². The molecule has 0 aromatic heterocycles. The van der Waals surface area contributed by atoms with Crippen LogP contribution in [0.5, 0.6) is 5.75 Å². The van der Waals surface area contributed by atoms with Gasteiger partial charge in [0.15, 0.2) is 0 Å². The van der Waals surface area contributed by atoms with Crippen LogP contribution in [0, 0.1) is 6.92 Å². The fourth-order valence-electron chi connectivity index (χ4n) is 2.98. The molecule has 0 aliphatic carbocycles. The SMILES string of the molecule is Cc1ccccc1CS(=O)(=O)N1CCOc2ccccc2C1C. The maximum absolute atomic E-state index is 13.0. The lowest BCUT2D eigenvalue weighted by atomic mass is 10.1. The van der Waals surface area contributed by atoms with Crippen molar-refractivity contribution in [1.29, 1.82) is 0 Å². The largest absolute Gasteiger partial charge is 0.492 e. The summed E-state index contributed by atoms with van der Waals surface area (Å²) in [6, 6.07) is 15.0. The Morgan fingerprint density at radius 2 is 1.83 bits per heavy atom. The molecule has 122 valence electrons. The van der Waals surface area contributed by atoms with Crippen molar-refractivity contribution in [3.63, 3.8) is 0 Å². The van der Waals surface area contributed by atoms with E-state index in [0.717, 1.165) is 22.4 Å². The van der Waals surface area contributed by atoms with Crippen LogP contribution in [-0.4, -0.2) is 25.9 Å². The zero-order valence-electron chi connectivity index (χ0n) is 13.4. The van der Waals surface area contributed by atoms with Crippen LogP contribution in [-0.2, 0) is 15.8 Å². The van der Waals surface area contributed by atoms with Gasteiger partial charge in [0, 0.05) is 12.1 Å². The lowest BCUT2D eigenvalue weighted by molar-refractivity contribution is 0.278. The zero-order chi connectivity index (χ0) is 16.4. The Kier molecular flexibility index (Phi) is 4.41. The molecule has 0 bridgehead atoms. The minimum absolute atomic E-state index is 0.0200. The van der Waals surface area contributed by atoms with Crippen LogP contribution >= 0.6 is 0 Å². The van der Waals surface area contributed by atoms with E-state index >= 15 is 0 Å². The molecule has 23 heavy (non-hydrogen) atoms. The highest BCUT2D eigenvalue weighted by molar-refractivity contribution is 7.88. The Balaban J connectivity index is 1.92. The maximum atomic E-state index is 13.0. The Labute approximate surface area is 137 Å². The monoisotopic (exact) mass is 331 g/mol. The third-order valence-electron chi connectivity index (χ3n) is 4.33. The van der Waals surface area contributed by atoms with Gasteiger partial charge in [0.2, 0.25) is 10.0 Å². The molecule has 0 spiro atoms. The topological polar surface area (TPSA) is 46.6 Å². The van der Waals surface area contributed by atoms with Crippen LogP contribution in [0.3, 0.4) is 0 Å². The third-order valence-corrected chi connectivity index (χ3v) is 6.22. The number of hydrogen-bond donors (Lipinski definition) is 0. The smallest absolute Gasteiger partial charge is 0.218 e. The summed E-state index contributed by atoms with van der Waals surface area (Å²) in [6.45, 7) is 4.59. The minimum Gasteiger partial charge on any atom is -0.492 e. The van der Waals surface area contributed by atoms with E-state index in [0.29, 0.717) is 13.2 Å². The van der Waals surface area contributed by atoms with Crippen LogP contribution in [0.4, 0.5) is 0 Å². The molecule has 1 heterocycles. The summed E-state index contributed by atoms with van der Waals surface area (Å²) in [6.07, 6.45) is 0. The average molecular weight is 331 g/mol. The van der Waals surface area contributed by atoms with E-state index in [9.17, 15) is 8.42 Å².